The minimum Gasteiger partial charge on any atom is -0.459 e. The first-order valence-corrected chi connectivity index (χ1v) is 23.2. The minimum atomic E-state index is -4.19. The maximum absolute atomic E-state index is 14.7. The number of alkyl carbamates (subject to hydrolysis) is 1. The Hall–Kier alpha value is -5.34. The van der Waals surface area contributed by atoms with E-state index in [0.29, 0.717) is 37.3 Å². The van der Waals surface area contributed by atoms with Gasteiger partial charge in [0.1, 0.15) is 40.7 Å². The average molecular weight is 893 g/mol. The number of hydrogen-bond acceptors (Lipinski definition) is 13. The van der Waals surface area contributed by atoms with Gasteiger partial charge in [-0.3, -0.25) is 23.9 Å². The van der Waals surface area contributed by atoms with Crippen molar-refractivity contribution in [3.63, 3.8) is 0 Å². The third-order valence-corrected chi connectivity index (χ3v) is 13.2. The number of aromatic nitrogens is 4. The molecule has 5 heterocycles. The lowest BCUT2D eigenvalue weighted by atomic mass is 10.0. The summed E-state index contributed by atoms with van der Waals surface area (Å²) in [6.07, 6.45) is 8.95. The van der Waals surface area contributed by atoms with E-state index in [0.717, 1.165) is 47.1 Å². The second kappa shape index (κ2) is 18.4. The molecular formula is C43H60N10O9S. The molecular weight excluding hydrogens is 833 g/mol. The summed E-state index contributed by atoms with van der Waals surface area (Å²) in [5.41, 5.74) is 0.379. The number of amides is 4. The first-order valence-electron chi connectivity index (χ1n) is 21.7. The standard InChI is InChI=1S/C43H60N10O9S/c1-27(2)53-33-17-13-15-30(32-24-45-35(25-44-32)51-18-20-60-21-19-51)36(33)47-40(53)61-29-22-34-37(54)48-43(39(56)49-63(58,59)50(6)7)23-28(43)14-11-9-8-10-12-16-31(38(55)52(34)26-29)46-41(57)62-42(3,4)5/h11,13-15,17,24-25,27-29,31,34H,8-10,12,16,18-23,26H2,1-7H3,(H,46,57)(H,48,54)(H,49,56)/t28-,29-,31+,34+,43-/m1/s1. The highest BCUT2D eigenvalue weighted by Gasteiger charge is 2.62. The molecule has 1 aromatic carbocycles. The van der Waals surface area contributed by atoms with E-state index in [2.05, 4.69) is 20.3 Å². The molecule has 19 nitrogen and oxygen atoms in total. The summed E-state index contributed by atoms with van der Waals surface area (Å²) >= 11 is 0. The molecule has 63 heavy (non-hydrogen) atoms. The molecule has 342 valence electrons. The highest BCUT2D eigenvalue weighted by atomic mass is 32.2. The Balaban J connectivity index is 1.21. The van der Waals surface area contributed by atoms with Gasteiger partial charge < -0.3 is 34.6 Å². The van der Waals surface area contributed by atoms with Crippen LogP contribution in [0.25, 0.3) is 22.3 Å². The van der Waals surface area contributed by atoms with Gasteiger partial charge in [0.2, 0.25) is 11.8 Å². The molecule has 3 aromatic rings. The lowest BCUT2D eigenvalue weighted by Crippen LogP contribution is -2.58. The zero-order valence-corrected chi connectivity index (χ0v) is 37.9. The second-order valence-electron chi connectivity index (χ2n) is 18.1. The van der Waals surface area contributed by atoms with Crippen LogP contribution in [0.1, 0.15) is 85.6 Å². The van der Waals surface area contributed by atoms with Crippen molar-refractivity contribution in [3.8, 4) is 17.3 Å². The van der Waals surface area contributed by atoms with Gasteiger partial charge in [-0.15, -0.1) is 0 Å². The molecule has 20 heteroatoms. The van der Waals surface area contributed by atoms with Crippen LogP contribution < -0.4 is 25.0 Å². The molecule has 3 aliphatic heterocycles. The van der Waals surface area contributed by atoms with Crippen LogP contribution in [0.5, 0.6) is 6.01 Å². The van der Waals surface area contributed by atoms with Crippen molar-refractivity contribution in [1.29, 1.82) is 0 Å². The summed E-state index contributed by atoms with van der Waals surface area (Å²) < 4.78 is 48.3. The van der Waals surface area contributed by atoms with E-state index < -0.39 is 69.3 Å². The molecule has 3 N–H and O–H groups in total. The zero-order valence-electron chi connectivity index (χ0n) is 37.1. The molecule has 5 atom stereocenters. The van der Waals surface area contributed by atoms with E-state index in [1.165, 1.54) is 19.0 Å². The number of benzene rings is 1. The van der Waals surface area contributed by atoms with Crippen LogP contribution in [0.3, 0.4) is 0 Å². The van der Waals surface area contributed by atoms with Gasteiger partial charge in [0.05, 0.1) is 43.4 Å². The summed E-state index contributed by atoms with van der Waals surface area (Å²) in [5, 5.41) is 5.64. The van der Waals surface area contributed by atoms with Gasteiger partial charge in [-0.2, -0.15) is 17.7 Å². The zero-order chi connectivity index (χ0) is 45.3. The Morgan fingerprint density at radius 1 is 1.06 bits per heavy atom. The normalized spacial score (nSPS) is 24.9. The summed E-state index contributed by atoms with van der Waals surface area (Å²) in [4.78, 5) is 74.3. The van der Waals surface area contributed by atoms with Crippen LogP contribution >= 0.6 is 0 Å². The molecule has 4 amide bonds. The summed E-state index contributed by atoms with van der Waals surface area (Å²) in [6, 6.07) is 3.73. The van der Waals surface area contributed by atoms with Gasteiger partial charge >= 0.3 is 16.3 Å². The smallest absolute Gasteiger partial charge is 0.408 e. The first kappa shape index (κ1) is 45.7. The SMILES string of the molecule is CC(C)n1c(O[C@@H]2C[C@H]3C(=O)N[C@]4(C(=O)NS(=O)(=O)N(C)C)C[C@H]4C=CCCCCC[C@H](NC(=O)OC(C)(C)C)C(=O)N3C2)nc2c(-c3cnc(N4CCOCC4)cn3)cccc21. The number of carbonyl (C=O) groups excluding carboxylic acids is 4. The van der Waals surface area contributed by atoms with E-state index in [-0.39, 0.29) is 37.9 Å². The predicted octanol–water partition coefficient (Wildman–Crippen LogP) is 3.47. The molecule has 2 saturated heterocycles. The van der Waals surface area contributed by atoms with E-state index in [1.807, 2.05) is 48.8 Å². The number of ether oxygens (including phenoxy) is 3. The summed E-state index contributed by atoms with van der Waals surface area (Å²) in [6.45, 7) is 11.8. The van der Waals surface area contributed by atoms with E-state index in [1.54, 1.807) is 33.2 Å². The number of imidazole rings is 1. The minimum absolute atomic E-state index is 0.00751. The number of nitrogens with one attached hydrogen (secondary N) is 3. The van der Waals surface area contributed by atoms with Crippen molar-refractivity contribution < 1.29 is 41.8 Å². The Kier molecular flexibility index (Phi) is 13.3. The fourth-order valence-electron chi connectivity index (χ4n) is 8.36. The lowest BCUT2D eigenvalue weighted by molar-refractivity contribution is -0.141. The van der Waals surface area contributed by atoms with Crippen LogP contribution in [0.4, 0.5) is 10.6 Å². The lowest BCUT2D eigenvalue weighted by Gasteiger charge is -2.30. The van der Waals surface area contributed by atoms with Crippen molar-refractivity contribution in [2.75, 3.05) is 51.8 Å². The van der Waals surface area contributed by atoms with Crippen LogP contribution in [0.15, 0.2) is 42.7 Å². The number of morpholine rings is 1. The van der Waals surface area contributed by atoms with Crippen molar-refractivity contribution in [2.45, 2.75) is 115 Å². The topological polar surface area (TPSA) is 220 Å². The number of para-hydroxylation sites is 1. The molecule has 0 radical (unpaired) electrons. The number of rotatable bonds is 9. The third-order valence-electron chi connectivity index (χ3n) is 11.8. The fourth-order valence-corrected chi connectivity index (χ4v) is 8.96. The molecule has 7 rings (SSSR count). The molecule has 1 aliphatic carbocycles. The Morgan fingerprint density at radius 2 is 1.83 bits per heavy atom. The largest absolute Gasteiger partial charge is 0.459 e. The highest BCUT2D eigenvalue weighted by molar-refractivity contribution is 7.87. The maximum Gasteiger partial charge on any atom is 0.408 e. The number of carbonyl (C=O) groups is 4. The van der Waals surface area contributed by atoms with Gasteiger partial charge in [-0.25, -0.2) is 14.5 Å². The average Bonchev–Trinajstić information content (AvgIpc) is 3.54. The van der Waals surface area contributed by atoms with Crippen molar-refractivity contribution in [3.05, 3.63) is 42.7 Å². The third kappa shape index (κ3) is 10.2. The maximum atomic E-state index is 14.7. The van der Waals surface area contributed by atoms with Crippen LogP contribution in [-0.4, -0.2) is 137 Å². The monoisotopic (exact) mass is 892 g/mol. The molecule has 0 unspecified atom stereocenters. The Labute approximate surface area is 368 Å². The number of nitrogens with zero attached hydrogens (tertiary/aromatic N) is 7. The molecule has 2 aromatic heterocycles. The molecule has 1 saturated carbocycles. The molecule has 3 fully saturated rings. The van der Waals surface area contributed by atoms with Crippen molar-refractivity contribution in [1.82, 2.24) is 44.1 Å². The number of fused-ring (bicyclic) bond motifs is 3. The van der Waals surface area contributed by atoms with Gasteiger partial charge in [-0.05, 0) is 66.4 Å². The van der Waals surface area contributed by atoms with Crippen molar-refractivity contribution >= 4 is 50.9 Å². The molecule has 0 bridgehead atoms. The summed E-state index contributed by atoms with van der Waals surface area (Å²) in [5.74, 6) is -1.77. The van der Waals surface area contributed by atoms with Gasteiger partial charge in [0.25, 0.3) is 11.9 Å². The van der Waals surface area contributed by atoms with E-state index in [4.69, 9.17) is 29.2 Å². The Bertz CT molecular complexity index is 2320. The van der Waals surface area contributed by atoms with Gasteiger partial charge in [0, 0.05) is 51.1 Å². The number of hydrogen-bond donors (Lipinski definition) is 3. The highest BCUT2D eigenvalue weighted by Crippen LogP contribution is 2.46. The van der Waals surface area contributed by atoms with E-state index >= 15 is 0 Å². The van der Waals surface area contributed by atoms with Crippen LogP contribution in [-0.2, 0) is 34.1 Å². The number of allylic oxidation sites excluding steroid dienone is 1. The molecule has 0 spiro atoms. The van der Waals surface area contributed by atoms with Crippen LogP contribution in [0, 0.1) is 5.92 Å². The second-order valence-corrected chi connectivity index (χ2v) is 20.0. The quantitative estimate of drug-likeness (QED) is 0.263. The summed E-state index contributed by atoms with van der Waals surface area (Å²) in [7, 11) is -1.61. The van der Waals surface area contributed by atoms with Gasteiger partial charge in [0.15, 0.2) is 0 Å². The van der Waals surface area contributed by atoms with Crippen LogP contribution in [0.2, 0.25) is 0 Å². The Morgan fingerprint density at radius 3 is 2.51 bits per heavy atom. The predicted molar refractivity (Wildman–Crippen MR) is 234 cm³/mol. The van der Waals surface area contributed by atoms with E-state index in [9.17, 15) is 27.6 Å². The fraction of sp³-hybridized carbons (Fsp3) is 0.605. The van der Waals surface area contributed by atoms with Crippen molar-refractivity contribution in [2.24, 2.45) is 5.92 Å². The molecule has 4 aliphatic rings. The first-order chi connectivity index (χ1) is 29.9. The van der Waals surface area contributed by atoms with Gasteiger partial charge in [-0.1, -0.05) is 37.1 Å². The number of anilines is 1.